The molecule has 4 aliphatic rings. The van der Waals surface area contributed by atoms with Gasteiger partial charge in [0.2, 0.25) is 0 Å². The monoisotopic (exact) mass is 386 g/mol. The van der Waals surface area contributed by atoms with Crippen LogP contribution < -0.4 is 5.32 Å². The Labute approximate surface area is 170 Å². The van der Waals surface area contributed by atoms with E-state index in [1.165, 1.54) is 63.7 Å². The van der Waals surface area contributed by atoms with Crippen molar-refractivity contribution in [2.75, 3.05) is 5.32 Å². The molecule has 3 heteroatoms. The fraction of sp³-hybridized carbons (Fsp3) is 0.480. The molecule has 0 aliphatic heterocycles. The van der Waals surface area contributed by atoms with E-state index in [1.807, 2.05) is 11.3 Å². The van der Waals surface area contributed by atoms with Crippen molar-refractivity contribution >= 4 is 26.7 Å². The smallest absolute Gasteiger partial charge is 0.184 e. The van der Waals surface area contributed by atoms with Crippen molar-refractivity contribution in [1.82, 2.24) is 4.98 Å². The SMILES string of the molecule is Cc1cc(C)c(-c2cccc3sc(NC45CC6CC7CC(C4)C765)nc23)c(C)c1. The molecule has 4 aliphatic carbocycles. The standard InChI is InChI=1S/C25H26N2S/c1-13-7-14(2)21(15(3)8-13)19-5-4-6-20-22(19)26-23(28-20)27-24-11-17-9-16-10-18(12-24)25(16,17)24/h4-8,16-18H,9-12H2,1-3H3,(H,26,27). The van der Waals surface area contributed by atoms with E-state index in [1.54, 1.807) is 0 Å². The number of rotatable bonds is 3. The molecule has 2 atom stereocenters. The minimum atomic E-state index is 0.396. The maximum atomic E-state index is 5.16. The fourth-order valence-electron chi connectivity index (χ4n) is 8.16. The number of hydrogen-bond donors (Lipinski definition) is 1. The Hall–Kier alpha value is -1.87. The van der Waals surface area contributed by atoms with E-state index in [4.69, 9.17) is 4.98 Å². The van der Waals surface area contributed by atoms with Crippen LogP contribution >= 0.6 is 11.3 Å². The Morgan fingerprint density at radius 2 is 1.71 bits per heavy atom. The predicted molar refractivity (Wildman–Crippen MR) is 117 cm³/mol. The maximum Gasteiger partial charge on any atom is 0.184 e. The first kappa shape index (κ1) is 16.0. The average Bonchev–Trinajstić information content (AvgIpc) is 2.97. The maximum absolute atomic E-state index is 5.16. The van der Waals surface area contributed by atoms with Crippen LogP contribution in [0.25, 0.3) is 21.3 Å². The van der Waals surface area contributed by atoms with Gasteiger partial charge in [0.15, 0.2) is 5.13 Å². The summed E-state index contributed by atoms with van der Waals surface area (Å²) in [6.07, 6.45) is 5.80. The Kier molecular flexibility index (Phi) is 2.75. The van der Waals surface area contributed by atoms with E-state index in [0.717, 1.165) is 22.9 Å². The van der Waals surface area contributed by atoms with Crippen molar-refractivity contribution in [2.24, 2.45) is 23.2 Å². The minimum absolute atomic E-state index is 0.396. The number of fused-ring (bicyclic) bond motifs is 1. The fourth-order valence-corrected chi connectivity index (χ4v) is 9.15. The molecule has 1 aromatic heterocycles. The number of aromatic nitrogens is 1. The first-order valence-corrected chi connectivity index (χ1v) is 11.6. The molecule has 2 nitrogen and oxygen atoms in total. The highest BCUT2D eigenvalue weighted by Crippen LogP contribution is 2.89. The zero-order valence-electron chi connectivity index (χ0n) is 16.8. The summed E-state index contributed by atoms with van der Waals surface area (Å²) in [5, 5.41) is 5.14. The summed E-state index contributed by atoms with van der Waals surface area (Å²) in [6, 6.07) is 11.3. The van der Waals surface area contributed by atoms with Crippen molar-refractivity contribution in [2.45, 2.75) is 52.0 Å². The molecule has 7 rings (SSSR count). The molecule has 4 fully saturated rings. The molecule has 0 saturated heterocycles. The molecule has 2 unspecified atom stereocenters. The third-order valence-corrected chi connectivity index (χ3v) is 9.83. The summed E-state index contributed by atoms with van der Waals surface area (Å²) < 4.78 is 1.30. The number of hydrogen-bond acceptors (Lipinski definition) is 3. The van der Waals surface area contributed by atoms with Crippen LogP contribution in [0.15, 0.2) is 30.3 Å². The summed E-state index contributed by atoms with van der Waals surface area (Å²) in [6.45, 7) is 6.64. The van der Waals surface area contributed by atoms with Crippen LogP contribution in [0.5, 0.6) is 0 Å². The lowest BCUT2D eigenvalue weighted by molar-refractivity contribution is -0.379. The molecule has 0 bridgehead atoms. The lowest BCUT2D eigenvalue weighted by atomic mass is 9.15. The average molecular weight is 387 g/mol. The highest BCUT2D eigenvalue weighted by molar-refractivity contribution is 7.22. The van der Waals surface area contributed by atoms with Crippen molar-refractivity contribution < 1.29 is 0 Å². The summed E-state index contributed by atoms with van der Waals surface area (Å²) in [5.41, 5.74) is 8.93. The third kappa shape index (κ3) is 1.59. The van der Waals surface area contributed by atoms with Gasteiger partial charge in [-0.05, 0) is 87.0 Å². The molecule has 3 aromatic rings. The van der Waals surface area contributed by atoms with E-state index in [2.05, 4.69) is 56.4 Å². The van der Waals surface area contributed by atoms with E-state index >= 15 is 0 Å². The van der Waals surface area contributed by atoms with E-state index in [0.29, 0.717) is 11.0 Å². The number of benzene rings is 2. The number of thiazole rings is 1. The summed E-state index contributed by atoms with van der Waals surface area (Å²) in [4.78, 5) is 5.16. The third-order valence-electron chi connectivity index (χ3n) is 8.89. The second kappa shape index (κ2) is 4.81. The largest absolute Gasteiger partial charge is 0.355 e. The van der Waals surface area contributed by atoms with Gasteiger partial charge in [-0.15, -0.1) is 0 Å². The van der Waals surface area contributed by atoms with E-state index in [-0.39, 0.29) is 0 Å². The normalized spacial score (nSPS) is 36.5. The summed E-state index contributed by atoms with van der Waals surface area (Å²) in [5.74, 6) is 3.08. The van der Waals surface area contributed by atoms with Crippen LogP contribution in [-0.4, -0.2) is 10.5 Å². The van der Waals surface area contributed by atoms with Crippen LogP contribution in [0, 0.1) is 43.9 Å². The van der Waals surface area contributed by atoms with Gasteiger partial charge >= 0.3 is 0 Å². The Morgan fingerprint density at radius 1 is 1.00 bits per heavy atom. The summed E-state index contributed by atoms with van der Waals surface area (Å²) in [7, 11) is 0. The first-order valence-electron chi connectivity index (χ1n) is 10.8. The molecule has 4 saturated carbocycles. The van der Waals surface area contributed by atoms with Gasteiger partial charge in [-0.2, -0.15) is 0 Å². The lowest BCUT2D eigenvalue weighted by Gasteiger charge is -2.91. The quantitative estimate of drug-likeness (QED) is 0.556. The number of para-hydroxylation sites is 1. The minimum Gasteiger partial charge on any atom is -0.355 e. The first-order chi connectivity index (χ1) is 13.5. The Bertz CT molecular complexity index is 1120. The van der Waals surface area contributed by atoms with Crippen LogP contribution in [0.3, 0.4) is 0 Å². The molecule has 142 valence electrons. The molecule has 0 radical (unpaired) electrons. The van der Waals surface area contributed by atoms with Crippen LogP contribution in [-0.2, 0) is 0 Å². The molecule has 1 N–H and O–H groups in total. The highest BCUT2D eigenvalue weighted by Gasteiger charge is 2.88. The molecule has 0 amide bonds. The van der Waals surface area contributed by atoms with E-state index < -0.39 is 0 Å². The number of nitrogens with zero attached hydrogens (tertiary/aromatic N) is 1. The van der Waals surface area contributed by atoms with Crippen molar-refractivity contribution in [1.29, 1.82) is 0 Å². The molecular formula is C25H26N2S. The Balaban J connectivity index is 1.30. The van der Waals surface area contributed by atoms with Gasteiger partial charge in [-0.25, -0.2) is 4.98 Å². The topological polar surface area (TPSA) is 24.9 Å². The van der Waals surface area contributed by atoms with Crippen molar-refractivity contribution in [3.63, 3.8) is 0 Å². The molecule has 1 spiro atoms. The predicted octanol–water partition coefficient (Wildman–Crippen LogP) is 6.49. The number of aryl methyl sites for hydroxylation is 3. The number of nitrogens with one attached hydrogen (secondary N) is 1. The zero-order chi connectivity index (χ0) is 18.8. The van der Waals surface area contributed by atoms with Crippen LogP contribution in [0.4, 0.5) is 5.13 Å². The van der Waals surface area contributed by atoms with Crippen molar-refractivity contribution in [3.8, 4) is 11.1 Å². The van der Waals surface area contributed by atoms with Gasteiger partial charge in [-0.3, -0.25) is 0 Å². The molecule has 28 heavy (non-hydrogen) atoms. The van der Waals surface area contributed by atoms with Crippen molar-refractivity contribution in [3.05, 3.63) is 47.0 Å². The summed E-state index contributed by atoms with van der Waals surface area (Å²) >= 11 is 1.85. The van der Waals surface area contributed by atoms with Gasteiger partial charge in [0, 0.05) is 16.5 Å². The Morgan fingerprint density at radius 3 is 2.36 bits per heavy atom. The van der Waals surface area contributed by atoms with Crippen LogP contribution in [0.2, 0.25) is 0 Å². The molecule has 2 aromatic carbocycles. The molecule has 1 heterocycles. The van der Waals surface area contributed by atoms with Gasteiger partial charge < -0.3 is 5.32 Å². The zero-order valence-corrected chi connectivity index (χ0v) is 17.6. The molecular weight excluding hydrogens is 360 g/mol. The van der Waals surface area contributed by atoms with Crippen LogP contribution in [0.1, 0.15) is 42.4 Å². The van der Waals surface area contributed by atoms with E-state index in [9.17, 15) is 0 Å². The second-order valence-electron chi connectivity index (χ2n) is 10.1. The highest BCUT2D eigenvalue weighted by atomic mass is 32.1. The van der Waals surface area contributed by atoms with Gasteiger partial charge in [-0.1, -0.05) is 41.2 Å². The van der Waals surface area contributed by atoms with Gasteiger partial charge in [0.25, 0.3) is 0 Å². The van der Waals surface area contributed by atoms with Gasteiger partial charge in [0.05, 0.1) is 10.2 Å². The van der Waals surface area contributed by atoms with Gasteiger partial charge in [0.1, 0.15) is 0 Å². The second-order valence-corrected chi connectivity index (χ2v) is 11.1. The number of anilines is 1. The lowest BCUT2D eigenvalue weighted by Crippen LogP contribution is -2.91.